The van der Waals surface area contributed by atoms with Crippen molar-refractivity contribution in [3.8, 4) is 0 Å². The van der Waals surface area contributed by atoms with Crippen molar-refractivity contribution < 1.29 is 19.0 Å². The highest BCUT2D eigenvalue weighted by atomic mass is 16.7. The number of carbonyl (C=O) groups is 1. The Labute approximate surface area is 99.9 Å². The molecule has 1 aliphatic heterocycles. The van der Waals surface area contributed by atoms with Crippen LogP contribution in [-0.4, -0.2) is 5.97 Å². The van der Waals surface area contributed by atoms with Gasteiger partial charge in [0.05, 0.1) is 0 Å². The average molecular weight is 234 g/mol. The van der Waals surface area contributed by atoms with Crippen molar-refractivity contribution in [2.75, 3.05) is 0 Å². The summed E-state index contributed by atoms with van der Waals surface area (Å²) in [7, 11) is 0. The van der Waals surface area contributed by atoms with Gasteiger partial charge in [-0.1, -0.05) is 23.8 Å². The van der Waals surface area contributed by atoms with E-state index in [0.29, 0.717) is 12.2 Å². The fraction of sp³-hybridized carbons (Fsp3) is 0.308. The van der Waals surface area contributed by atoms with E-state index in [1.807, 2.05) is 6.08 Å². The van der Waals surface area contributed by atoms with Gasteiger partial charge in [0.25, 0.3) is 0 Å². The van der Waals surface area contributed by atoms with Gasteiger partial charge in [0.1, 0.15) is 12.0 Å². The highest BCUT2D eigenvalue weighted by Gasteiger charge is 2.14. The Bertz CT molecular complexity index is 427. The molecule has 0 fully saturated rings. The number of hydrogen-bond donors (Lipinski definition) is 0. The van der Waals surface area contributed by atoms with Crippen LogP contribution in [0, 0.1) is 0 Å². The molecule has 0 unspecified atom stereocenters. The molecule has 2 rings (SSSR count). The summed E-state index contributed by atoms with van der Waals surface area (Å²) in [6.07, 6.45) is 11.7. The van der Waals surface area contributed by atoms with E-state index in [1.54, 1.807) is 0 Å². The first kappa shape index (κ1) is 11.5. The van der Waals surface area contributed by atoms with Gasteiger partial charge in [0, 0.05) is 13.3 Å². The quantitative estimate of drug-likeness (QED) is 0.704. The van der Waals surface area contributed by atoms with E-state index in [0.717, 1.165) is 12.8 Å². The second kappa shape index (κ2) is 5.39. The second-order valence-corrected chi connectivity index (χ2v) is 3.82. The highest BCUT2D eigenvalue weighted by molar-refractivity contribution is 5.67. The summed E-state index contributed by atoms with van der Waals surface area (Å²) in [4.78, 5) is 10.8. The van der Waals surface area contributed by atoms with Gasteiger partial charge < -0.3 is 14.2 Å². The van der Waals surface area contributed by atoms with Gasteiger partial charge in [-0.05, 0) is 12.8 Å². The Balaban J connectivity index is 1.90. The third-order valence-corrected chi connectivity index (χ3v) is 2.34. The van der Waals surface area contributed by atoms with Crippen LogP contribution in [0.2, 0.25) is 0 Å². The maximum absolute atomic E-state index is 10.8. The first-order valence-corrected chi connectivity index (χ1v) is 5.49. The molecule has 0 atom stereocenters. The standard InChI is InChI=1S/C13H14O4/c1-10(14)16-13-9-15-8-12(17-13)7-11-5-3-2-4-6-11/h2-3,5,8-9H,4,6-7H2,1H3. The molecule has 90 valence electrons. The molecule has 0 amide bonds. The zero-order valence-corrected chi connectivity index (χ0v) is 9.64. The number of ether oxygens (including phenoxy) is 3. The zero-order valence-electron chi connectivity index (χ0n) is 9.64. The summed E-state index contributed by atoms with van der Waals surface area (Å²) < 4.78 is 15.3. The molecule has 0 aromatic rings. The van der Waals surface area contributed by atoms with Gasteiger partial charge in [-0.25, -0.2) is 0 Å². The highest BCUT2D eigenvalue weighted by Crippen LogP contribution is 2.24. The third-order valence-electron chi connectivity index (χ3n) is 2.34. The van der Waals surface area contributed by atoms with Crippen LogP contribution < -0.4 is 0 Å². The van der Waals surface area contributed by atoms with Crippen molar-refractivity contribution >= 4 is 5.97 Å². The summed E-state index contributed by atoms with van der Waals surface area (Å²) in [6.45, 7) is 1.32. The normalized spacial score (nSPS) is 18.3. The Morgan fingerprint density at radius 3 is 3.06 bits per heavy atom. The van der Waals surface area contributed by atoms with Crippen molar-refractivity contribution in [2.45, 2.75) is 26.2 Å². The molecule has 0 radical (unpaired) electrons. The fourth-order valence-electron chi connectivity index (χ4n) is 1.63. The van der Waals surface area contributed by atoms with E-state index in [1.165, 1.54) is 25.0 Å². The number of esters is 1. The lowest BCUT2D eigenvalue weighted by Crippen LogP contribution is -2.07. The van der Waals surface area contributed by atoms with E-state index >= 15 is 0 Å². The van der Waals surface area contributed by atoms with Crippen LogP contribution in [0.4, 0.5) is 0 Å². The Morgan fingerprint density at radius 1 is 1.47 bits per heavy atom. The monoisotopic (exact) mass is 234 g/mol. The van der Waals surface area contributed by atoms with Crippen LogP contribution in [0.1, 0.15) is 26.2 Å². The second-order valence-electron chi connectivity index (χ2n) is 3.82. The molecule has 0 spiro atoms. The Kier molecular flexibility index (Phi) is 3.65. The molecule has 4 nitrogen and oxygen atoms in total. The maximum atomic E-state index is 10.8. The fourth-order valence-corrected chi connectivity index (χ4v) is 1.63. The average Bonchev–Trinajstić information content (AvgIpc) is 2.30. The maximum Gasteiger partial charge on any atom is 0.329 e. The molecular weight excluding hydrogens is 220 g/mol. The minimum absolute atomic E-state index is 0.0851. The van der Waals surface area contributed by atoms with Gasteiger partial charge in [0.15, 0.2) is 6.26 Å². The summed E-state index contributed by atoms with van der Waals surface area (Å²) in [6, 6.07) is 0. The van der Waals surface area contributed by atoms with E-state index in [-0.39, 0.29) is 5.95 Å². The molecular formula is C13H14O4. The number of hydrogen-bond acceptors (Lipinski definition) is 4. The van der Waals surface area contributed by atoms with Crippen molar-refractivity contribution in [1.29, 1.82) is 0 Å². The van der Waals surface area contributed by atoms with E-state index in [2.05, 4.69) is 12.2 Å². The van der Waals surface area contributed by atoms with Gasteiger partial charge in [-0.15, -0.1) is 0 Å². The first-order chi connectivity index (χ1) is 8.24. The smallest absolute Gasteiger partial charge is 0.329 e. The predicted octanol–water partition coefficient (Wildman–Crippen LogP) is 2.90. The van der Waals surface area contributed by atoms with Crippen LogP contribution in [0.3, 0.4) is 0 Å². The van der Waals surface area contributed by atoms with Crippen LogP contribution in [0.5, 0.6) is 0 Å². The summed E-state index contributed by atoms with van der Waals surface area (Å²) in [5.74, 6) is 0.299. The molecule has 0 saturated heterocycles. The molecule has 0 aromatic heterocycles. The number of allylic oxidation sites excluding steroid dienone is 4. The third kappa shape index (κ3) is 3.52. The molecule has 1 heterocycles. The zero-order chi connectivity index (χ0) is 12.1. The largest absolute Gasteiger partial charge is 0.462 e. The Hall–Kier alpha value is -1.97. The molecule has 0 saturated carbocycles. The lowest BCUT2D eigenvalue weighted by atomic mass is 10.0. The number of carbonyl (C=O) groups excluding carboxylic acids is 1. The van der Waals surface area contributed by atoms with Gasteiger partial charge in [-0.2, -0.15) is 0 Å². The predicted molar refractivity (Wildman–Crippen MR) is 61.2 cm³/mol. The summed E-state index contributed by atoms with van der Waals surface area (Å²) in [5, 5.41) is 0. The lowest BCUT2D eigenvalue weighted by molar-refractivity contribution is -0.142. The molecule has 4 heteroatoms. The topological polar surface area (TPSA) is 44.8 Å². The summed E-state index contributed by atoms with van der Waals surface area (Å²) in [5.41, 5.74) is 1.27. The number of rotatable bonds is 3. The molecule has 0 aromatic carbocycles. The van der Waals surface area contributed by atoms with Crippen LogP contribution in [-0.2, 0) is 19.0 Å². The SMILES string of the molecule is CC(=O)OC1=COC=C(CC2=CC=CCC2)O1. The van der Waals surface area contributed by atoms with E-state index in [9.17, 15) is 4.79 Å². The van der Waals surface area contributed by atoms with E-state index in [4.69, 9.17) is 14.2 Å². The van der Waals surface area contributed by atoms with Crippen LogP contribution >= 0.6 is 0 Å². The minimum atomic E-state index is -0.430. The van der Waals surface area contributed by atoms with Crippen molar-refractivity contribution in [3.05, 3.63) is 48.0 Å². The van der Waals surface area contributed by atoms with Gasteiger partial charge in [-0.3, -0.25) is 4.79 Å². The van der Waals surface area contributed by atoms with Crippen LogP contribution in [0.25, 0.3) is 0 Å². The van der Waals surface area contributed by atoms with Crippen molar-refractivity contribution in [2.24, 2.45) is 0 Å². The minimum Gasteiger partial charge on any atom is -0.462 e. The molecule has 2 aliphatic rings. The molecule has 1 aliphatic carbocycles. The molecule has 0 bridgehead atoms. The van der Waals surface area contributed by atoms with Gasteiger partial charge in [0.2, 0.25) is 0 Å². The van der Waals surface area contributed by atoms with Crippen LogP contribution in [0.15, 0.2) is 48.0 Å². The molecule has 17 heavy (non-hydrogen) atoms. The van der Waals surface area contributed by atoms with Gasteiger partial charge >= 0.3 is 11.9 Å². The van der Waals surface area contributed by atoms with E-state index < -0.39 is 5.97 Å². The molecule has 0 N–H and O–H groups in total. The Morgan fingerprint density at radius 2 is 2.35 bits per heavy atom. The first-order valence-electron chi connectivity index (χ1n) is 5.49. The summed E-state index contributed by atoms with van der Waals surface area (Å²) >= 11 is 0. The van der Waals surface area contributed by atoms with Crippen molar-refractivity contribution in [1.82, 2.24) is 0 Å². The van der Waals surface area contributed by atoms with Crippen molar-refractivity contribution in [3.63, 3.8) is 0 Å². The lowest BCUT2D eigenvalue weighted by Gasteiger charge is -2.17.